The van der Waals surface area contributed by atoms with E-state index in [0.717, 1.165) is 72.3 Å². The molecule has 5 rings (SSSR count). The summed E-state index contributed by atoms with van der Waals surface area (Å²) in [7, 11) is 2.10. The van der Waals surface area contributed by atoms with Crippen LogP contribution in [0.1, 0.15) is 25.3 Å². The molecule has 2 aromatic rings. The Kier molecular flexibility index (Phi) is 4.64. The molecule has 5 heterocycles. The number of rotatable bonds is 1. The molecule has 0 bridgehead atoms. The van der Waals surface area contributed by atoms with Gasteiger partial charge in [-0.2, -0.15) is 10.1 Å². The highest BCUT2D eigenvalue weighted by Crippen LogP contribution is 2.42. The van der Waals surface area contributed by atoms with Crippen molar-refractivity contribution in [2.24, 2.45) is 16.1 Å². The number of fused-ring (bicyclic) bond motifs is 1. The first-order valence-corrected chi connectivity index (χ1v) is 10.9. The van der Waals surface area contributed by atoms with Crippen LogP contribution in [0, 0.1) is 5.41 Å². The van der Waals surface area contributed by atoms with Gasteiger partial charge in [-0.15, -0.1) is 0 Å². The average molecular weight is 460 g/mol. The van der Waals surface area contributed by atoms with Crippen molar-refractivity contribution in [2.45, 2.75) is 38.5 Å². The lowest BCUT2D eigenvalue weighted by Gasteiger charge is -2.44. The molecule has 29 heavy (non-hydrogen) atoms. The first-order chi connectivity index (χ1) is 14.0. The molecule has 154 valence electrons. The number of halogens is 1. The Labute approximate surface area is 178 Å². The number of H-pyrrole nitrogens is 1. The normalized spacial score (nSPS) is 26.0. The van der Waals surface area contributed by atoms with Crippen molar-refractivity contribution in [3.63, 3.8) is 0 Å². The first kappa shape index (κ1) is 19.0. The number of likely N-dealkylation sites (tertiary alicyclic amines) is 1. The summed E-state index contributed by atoms with van der Waals surface area (Å²) >= 11 is 3.44. The number of aliphatic imine (C=N–C) groups is 1. The molecule has 0 unspecified atom stereocenters. The molecule has 2 atom stereocenters. The van der Waals surface area contributed by atoms with Gasteiger partial charge in [0.15, 0.2) is 5.82 Å². The predicted octanol–water partition coefficient (Wildman–Crippen LogP) is 2.50. The molecule has 0 radical (unpaired) electrons. The van der Waals surface area contributed by atoms with Gasteiger partial charge in [-0.1, -0.05) is 0 Å². The Balaban J connectivity index is 1.38. The van der Waals surface area contributed by atoms with Crippen molar-refractivity contribution in [3.05, 3.63) is 28.5 Å². The van der Waals surface area contributed by atoms with Crippen LogP contribution in [0.25, 0.3) is 11.3 Å². The average Bonchev–Trinajstić information content (AvgIpc) is 3.25. The number of aromatic amines is 1. The van der Waals surface area contributed by atoms with Crippen molar-refractivity contribution in [1.82, 2.24) is 25.0 Å². The summed E-state index contributed by atoms with van der Waals surface area (Å²) in [5.74, 6) is 1.84. The fourth-order valence-corrected chi connectivity index (χ4v) is 5.18. The monoisotopic (exact) mass is 459 g/mol. The lowest BCUT2D eigenvalue weighted by atomic mass is 9.73. The minimum absolute atomic E-state index is 0.116. The molecule has 1 spiro atoms. The van der Waals surface area contributed by atoms with Gasteiger partial charge in [-0.3, -0.25) is 5.10 Å². The Morgan fingerprint density at radius 1 is 1.34 bits per heavy atom. The number of nitrogens with zero attached hydrogens (tertiary/aromatic N) is 5. The molecule has 9 heteroatoms. The van der Waals surface area contributed by atoms with E-state index in [1.807, 2.05) is 12.1 Å². The molecule has 2 aromatic heterocycles. The molecule has 0 aromatic carbocycles. The fourth-order valence-electron chi connectivity index (χ4n) is 4.82. The molecule has 0 amide bonds. The Bertz CT molecular complexity index is 950. The van der Waals surface area contributed by atoms with Gasteiger partial charge in [0.1, 0.15) is 4.60 Å². The third-order valence-corrected chi connectivity index (χ3v) is 7.12. The summed E-state index contributed by atoms with van der Waals surface area (Å²) in [6.45, 7) is 5.52. The number of nitrogens with one attached hydrogen (secondary N) is 1. The van der Waals surface area contributed by atoms with E-state index in [0.29, 0.717) is 0 Å². The molecular formula is C20H26BrN7O. The zero-order valence-electron chi connectivity index (χ0n) is 16.7. The maximum absolute atomic E-state index is 6.47. The zero-order valence-corrected chi connectivity index (χ0v) is 18.3. The minimum atomic E-state index is 0.116. The summed E-state index contributed by atoms with van der Waals surface area (Å²) in [5.41, 5.74) is 9.65. The van der Waals surface area contributed by atoms with E-state index in [2.05, 4.69) is 54.9 Å². The smallest absolute Gasteiger partial charge is 0.203 e. The second-order valence-electron chi connectivity index (χ2n) is 8.43. The van der Waals surface area contributed by atoms with Crippen molar-refractivity contribution in [2.75, 3.05) is 26.7 Å². The van der Waals surface area contributed by atoms with Crippen LogP contribution in [0.15, 0.2) is 27.9 Å². The third kappa shape index (κ3) is 3.15. The van der Waals surface area contributed by atoms with Crippen LogP contribution < -0.4 is 5.73 Å². The zero-order chi connectivity index (χ0) is 20.2. The Hall–Kier alpha value is -1.97. The van der Waals surface area contributed by atoms with Crippen LogP contribution in [0.4, 0.5) is 5.82 Å². The first-order valence-electron chi connectivity index (χ1n) is 10.1. The standard InChI is InChI=1S/C20H26BrN7O/c1-12-17(22)20(11-29-12)4-7-28(8-5-20)19-24-18-14(10-27(19)2)16(25-26-18)13-3-6-23-15(21)9-13/h3,6,9,12,17H,4-5,7-8,10-11,22H2,1-2H3,(H,25,26)/t12-,17+/m0/s1. The molecule has 2 saturated heterocycles. The number of nitrogens with two attached hydrogens (primary N) is 1. The SMILES string of the molecule is C[C@@H]1OCC2(CCN(C3=Nc4[nH]nc(-c5ccnc(Br)c5)c4CN3C)CC2)[C@@H]1N. The number of guanidine groups is 1. The molecule has 3 aliphatic rings. The van der Waals surface area contributed by atoms with Gasteiger partial charge in [0, 0.05) is 48.9 Å². The number of pyridine rings is 1. The Morgan fingerprint density at radius 2 is 2.14 bits per heavy atom. The largest absolute Gasteiger partial charge is 0.376 e. The van der Waals surface area contributed by atoms with Gasteiger partial charge in [0.2, 0.25) is 5.96 Å². The van der Waals surface area contributed by atoms with E-state index < -0.39 is 0 Å². The number of hydrogen-bond donors (Lipinski definition) is 2. The highest BCUT2D eigenvalue weighted by Gasteiger charge is 2.48. The van der Waals surface area contributed by atoms with Gasteiger partial charge in [-0.05, 0) is 47.8 Å². The van der Waals surface area contributed by atoms with E-state index in [-0.39, 0.29) is 17.6 Å². The highest BCUT2D eigenvalue weighted by atomic mass is 79.9. The number of ether oxygens (including phenoxy) is 1. The summed E-state index contributed by atoms with van der Waals surface area (Å²) in [6, 6.07) is 4.07. The van der Waals surface area contributed by atoms with Gasteiger partial charge >= 0.3 is 0 Å². The number of hydrogen-bond acceptors (Lipinski definition) is 7. The molecular weight excluding hydrogens is 434 g/mol. The summed E-state index contributed by atoms with van der Waals surface area (Å²) in [4.78, 5) is 13.7. The van der Waals surface area contributed by atoms with Gasteiger partial charge in [-0.25, -0.2) is 4.98 Å². The predicted molar refractivity (Wildman–Crippen MR) is 115 cm³/mol. The van der Waals surface area contributed by atoms with E-state index >= 15 is 0 Å². The van der Waals surface area contributed by atoms with Crippen LogP contribution in [0.5, 0.6) is 0 Å². The second kappa shape index (κ2) is 7.07. The van der Waals surface area contributed by atoms with Gasteiger partial charge < -0.3 is 20.3 Å². The van der Waals surface area contributed by atoms with Gasteiger partial charge in [0.25, 0.3) is 0 Å². The second-order valence-corrected chi connectivity index (χ2v) is 9.24. The maximum atomic E-state index is 6.47. The molecule has 8 nitrogen and oxygen atoms in total. The van der Waals surface area contributed by atoms with Crippen molar-refractivity contribution < 1.29 is 4.74 Å². The van der Waals surface area contributed by atoms with E-state index in [1.165, 1.54) is 0 Å². The molecule has 3 N–H and O–H groups in total. The highest BCUT2D eigenvalue weighted by molar-refractivity contribution is 9.10. The summed E-state index contributed by atoms with van der Waals surface area (Å²) < 4.78 is 6.65. The van der Waals surface area contributed by atoms with E-state index in [9.17, 15) is 0 Å². The Morgan fingerprint density at radius 3 is 2.83 bits per heavy atom. The van der Waals surface area contributed by atoms with Crippen molar-refractivity contribution >= 4 is 27.7 Å². The van der Waals surface area contributed by atoms with Crippen LogP contribution in [-0.4, -0.2) is 69.8 Å². The van der Waals surface area contributed by atoms with Crippen LogP contribution in [0.2, 0.25) is 0 Å². The third-order valence-electron chi connectivity index (χ3n) is 6.68. The summed E-state index contributed by atoms with van der Waals surface area (Å²) in [6.07, 6.45) is 4.01. The van der Waals surface area contributed by atoms with Crippen molar-refractivity contribution in [1.29, 1.82) is 0 Å². The van der Waals surface area contributed by atoms with Crippen LogP contribution in [0.3, 0.4) is 0 Å². The molecule has 2 fully saturated rings. The van der Waals surface area contributed by atoms with Crippen molar-refractivity contribution in [3.8, 4) is 11.3 Å². The van der Waals surface area contributed by atoms with Crippen LogP contribution >= 0.6 is 15.9 Å². The lowest BCUT2D eigenvalue weighted by molar-refractivity contribution is 0.0815. The molecule has 0 saturated carbocycles. The fraction of sp³-hybridized carbons (Fsp3) is 0.550. The van der Waals surface area contributed by atoms with Crippen LogP contribution in [-0.2, 0) is 11.3 Å². The molecule has 0 aliphatic carbocycles. The van der Waals surface area contributed by atoms with Gasteiger partial charge in [0.05, 0.1) is 24.9 Å². The lowest BCUT2D eigenvalue weighted by Crippen LogP contribution is -2.54. The van der Waals surface area contributed by atoms with E-state index in [4.69, 9.17) is 15.5 Å². The minimum Gasteiger partial charge on any atom is -0.376 e. The maximum Gasteiger partial charge on any atom is 0.203 e. The number of piperidine rings is 1. The topological polar surface area (TPSA) is 95.7 Å². The van der Waals surface area contributed by atoms with E-state index in [1.54, 1.807) is 6.20 Å². The quantitative estimate of drug-likeness (QED) is 0.635. The summed E-state index contributed by atoms with van der Waals surface area (Å²) in [5, 5.41) is 7.67. The number of aromatic nitrogens is 3. The molecule has 3 aliphatic heterocycles.